The molecule has 0 aromatic heterocycles. The van der Waals surface area contributed by atoms with E-state index >= 15 is 0 Å². The molecule has 7 nitrogen and oxygen atoms in total. The second kappa shape index (κ2) is 5.83. The molecule has 0 spiro atoms. The lowest BCUT2D eigenvalue weighted by Crippen LogP contribution is -2.33. The van der Waals surface area contributed by atoms with E-state index in [2.05, 4.69) is 0 Å². The van der Waals surface area contributed by atoms with Crippen LogP contribution in [-0.4, -0.2) is 42.4 Å². The lowest BCUT2D eigenvalue weighted by Gasteiger charge is -2.18. The van der Waals surface area contributed by atoms with Gasteiger partial charge in [-0.3, -0.25) is 10.1 Å². The first kappa shape index (κ1) is 15.8. The molecular weight excluding hydrogens is 296 g/mol. The molecule has 1 aromatic carbocycles. The van der Waals surface area contributed by atoms with Crippen LogP contribution in [-0.2, 0) is 10.0 Å². The maximum atomic E-state index is 12.1. The lowest BCUT2D eigenvalue weighted by atomic mass is 10.3. The number of sulfonamides is 1. The average Bonchev–Trinajstić information content (AvgIpc) is 2.27. The smallest absolute Gasteiger partial charge is 0.289 e. The Bertz CT molecular complexity index is 588. The molecule has 0 saturated carbocycles. The summed E-state index contributed by atoms with van der Waals surface area (Å²) in [5, 5.41) is 19.8. The second-order valence-corrected chi connectivity index (χ2v) is 6.46. The zero-order chi connectivity index (χ0) is 14.8. The zero-order valence-corrected chi connectivity index (χ0v) is 11.8. The fourth-order valence-corrected chi connectivity index (χ4v) is 2.90. The normalized spacial score (nSPS) is 13.5. The fraction of sp³-hybridized carbons (Fsp3) is 0.400. The van der Waals surface area contributed by atoms with E-state index in [1.807, 2.05) is 0 Å². The predicted molar refractivity (Wildman–Crippen MR) is 69.6 cm³/mol. The van der Waals surface area contributed by atoms with Crippen LogP contribution < -0.4 is 0 Å². The SMILES string of the molecule is CC(O)CN(C)S(=O)(=O)c1ccc(Cl)c([N+](=O)[O-])c1. The highest BCUT2D eigenvalue weighted by atomic mass is 35.5. The summed E-state index contributed by atoms with van der Waals surface area (Å²) in [5.41, 5.74) is -0.479. The number of nitro groups is 1. The van der Waals surface area contributed by atoms with Gasteiger partial charge in [-0.15, -0.1) is 0 Å². The number of aliphatic hydroxyl groups excluding tert-OH is 1. The summed E-state index contributed by atoms with van der Waals surface area (Å²) in [4.78, 5) is 9.72. The largest absolute Gasteiger partial charge is 0.392 e. The molecule has 0 bridgehead atoms. The number of likely N-dealkylation sites (N-methyl/N-ethyl adjacent to an activating group) is 1. The maximum Gasteiger partial charge on any atom is 0.289 e. The van der Waals surface area contributed by atoms with Crippen molar-refractivity contribution < 1.29 is 18.4 Å². The molecule has 1 atom stereocenters. The number of hydrogen-bond acceptors (Lipinski definition) is 5. The van der Waals surface area contributed by atoms with Gasteiger partial charge in [0.25, 0.3) is 5.69 Å². The summed E-state index contributed by atoms with van der Waals surface area (Å²) in [5.74, 6) is 0. The number of benzene rings is 1. The van der Waals surface area contributed by atoms with E-state index < -0.39 is 26.7 Å². The first-order chi connectivity index (χ1) is 8.66. The van der Waals surface area contributed by atoms with Gasteiger partial charge in [0.15, 0.2) is 0 Å². The minimum atomic E-state index is -3.90. The van der Waals surface area contributed by atoms with Crippen LogP contribution in [0.4, 0.5) is 5.69 Å². The second-order valence-electron chi connectivity index (χ2n) is 4.00. The van der Waals surface area contributed by atoms with Gasteiger partial charge in [-0.05, 0) is 19.1 Å². The van der Waals surface area contributed by atoms with Crippen LogP contribution in [0, 0.1) is 10.1 Å². The van der Waals surface area contributed by atoms with E-state index in [1.165, 1.54) is 20.0 Å². The highest BCUT2D eigenvalue weighted by Gasteiger charge is 2.25. The molecule has 0 aliphatic carbocycles. The van der Waals surface area contributed by atoms with Gasteiger partial charge in [-0.1, -0.05) is 11.6 Å². The van der Waals surface area contributed by atoms with E-state index in [9.17, 15) is 23.6 Å². The van der Waals surface area contributed by atoms with Crippen LogP contribution in [0.1, 0.15) is 6.92 Å². The Labute approximate surface area is 115 Å². The maximum absolute atomic E-state index is 12.1. The Hall–Kier alpha value is -1.22. The minimum Gasteiger partial charge on any atom is -0.392 e. The van der Waals surface area contributed by atoms with Crippen molar-refractivity contribution >= 4 is 27.3 Å². The molecule has 0 saturated heterocycles. The molecule has 1 unspecified atom stereocenters. The molecular formula is C10H13ClN2O5S. The Morgan fingerprint density at radius 1 is 1.53 bits per heavy atom. The predicted octanol–water partition coefficient (Wildman–Crippen LogP) is 1.25. The number of nitrogens with zero attached hydrogens (tertiary/aromatic N) is 2. The molecule has 0 aliphatic heterocycles. The van der Waals surface area contributed by atoms with Crippen LogP contribution in [0.5, 0.6) is 0 Å². The summed E-state index contributed by atoms with van der Waals surface area (Å²) in [6.45, 7) is 1.33. The minimum absolute atomic E-state index is 0.112. The number of halogens is 1. The third-order valence-corrected chi connectivity index (χ3v) is 4.48. The van der Waals surface area contributed by atoms with Gasteiger partial charge in [0, 0.05) is 19.7 Å². The highest BCUT2D eigenvalue weighted by Crippen LogP contribution is 2.28. The van der Waals surface area contributed by atoms with Crippen molar-refractivity contribution in [2.45, 2.75) is 17.9 Å². The van der Waals surface area contributed by atoms with Crippen LogP contribution in [0.2, 0.25) is 5.02 Å². The highest BCUT2D eigenvalue weighted by molar-refractivity contribution is 7.89. The van der Waals surface area contributed by atoms with Crippen molar-refractivity contribution in [1.29, 1.82) is 0 Å². The van der Waals surface area contributed by atoms with Crippen LogP contribution in [0.3, 0.4) is 0 Å². The van der Waals surface area contributed by atoms with Crippen molar-refractivity contribution in [3.05, 3.63) is 33.3 Å². The molecule has 1 N–H and O–H groups in total. The topological polar surface area (TPSA) is 101 Å². The Balaban J connectivity index is 3.22. The molecule has 0 radical (unpaired) electrons. The third kappa shape index (κ3) is 3.63. The Kier molecular flexibility index (Phi) is 4.86. The van der Waals surface area contributed by atoms with Gasteiger partial charge in [-0.25, -0.2) is 8.42 Å². The summed E-state index contributed by atoms with van der Waals surface area (Å²) >= 11 is 5.62. The molecule has 106 valence electrons. The van der Waals surface area contributed by atoms with Gasteiger partial charge in [0.2, 0.25) is 10.0 Å². The molecule has 0 aliphatic rings. The van der Waals surface area contributed by atoms with E-state index in [4.69, 9.17) is 11.6 Å². The van der Waals surface area contributed by atoms with Crippen molar-refractivity contribution in [2.75, 3.05) is 13.6 Å². The van der Waals surface area contributed by atoms with E-state index in [1.54, 1.807) is 0 Å². The molecule has 9 heteroatoms. The molecule has 0 heterocycles. The van der Waals surface area contributed by atoms with Gasteiger partial charge in [0.1, 0.15) is 5.02 Å². The lowest BCUT2D eigenvalue weighted by molar-refractivity contribution is -0.384. The summed E-state index contributed by atoms with van der Waals surface area (Å²) in [6, 6.07) is 3.24. The number of hydrogen-bond donors (Lipinski definition) is 1. The van der Waals surface area contributed by atoms with Crippen LogP contribution >= 0.6 is 11.6 Å². The molecule has 1 aromatic rings. The van der Waals surface area contributed by atoms with Crippen molar-refractivity contribution in [3.8, 4) is 0 Å². The Morgan fingerprint density at radius 3 is 2.58 bits per heavy atom. The first-order valence-corrected chi connectivity index (χ1v) is 7.06. The quantitative estimate of drug-likeness (QED) is 0.651. The molecule has 0 amide bonds. The van der Waals surface area contributed by atoms with Crippen molar-refractivity contribution in [3.63, 3.8) is 0 Å². The molecule has 0 fully saturated rings. The fourth-order valence-electron chi connectivity index (χ4n) is 1.44. The van der Waals surface area contributed by atoms with E-state index in [0.717, 1.165) is 16.4 Å². The monoisotopic (exact) mass is 308 g/mol. The van der Waals surface area contributed by atoms with Gasteiger partial charge < -0.3 is 5.11 Å². The first-order valence-electron chi connectivity index (χ1n) is 5.24. The standard InChI is InChI=1S/C10H13ClN2O5S/c1-7(14)6-12(2)19(17,18)8-3-4-9(11)10(5-8)13(15)16/h3-5,7,14H,6H2,1-2H3. The summed E-state index contributed by atoms with van der Waals surface area (Å²) in [6.07, 6.45) is -0.845. The average molecular weight is 309 g/mol. The van der Waals surface area contributed by atoms with Gasteiger partial charge >= 0.3 is 0 Å². The molecule has 1 rings (SSSR count). The number of nitro benzene ring substituents is 1. The zero-order valence-electron chi connectivity index (χ0n) is 10.3. The Morgan fingerprint density at radius 2 is 2.11 bits per heavy atom. The van der Waals surface area contributed by atoms with Crippen molar-refractivity contribution in [1.82, 2.24) is 4.31 Å². The van der Waals surface area contributed by atoms with Crippen LogP contribution in [0.15, 0.2) is 23.1 Å². The third-order valence-electron chi connectivity index (χ3n) is 2.34. The molecule has 19 heavy (non-hydrogen) atoms. The van der Waals surface area contributed by atoms with Gasteiger partial charge in [-0.2, -0.15) is 4.31 Å². The summed E-state index contributed by atoms with van der Waals surface area (Å²) in [7, 11) is -2.62. The number of rotatable bonds is 5. The van der Waals surface area contributed by atoms with Gasteiger partial charge in [0.05, 0.1) is 15.9 Å². The van der Waals surface area contributed by atoms with Crippen LogP contribution in [0.25, 0.3) is 0 Å². The summed E-state index contributed by atoms with van der Waals surface area (Å²) < 4.78 is 25.1. The van der Waals surface area contributed by atoms with E-state index in [0.29, 0.717) is 0 Å². The number of aliphatic hydroxyl groups is 1. The van der Waals surface area contributed by atoms with Crippen molar-refractivity contribution in [2.24, 2.45) is 0 Å². The van der Waals surface area contributed by atoms with E-state index in [-0.39, 0.29) is 16.5 Å².